The number of aliphatic hydroxyl groups excluding tert-OH is 1. The number of alkyl halides is 6. The number of hydrogen-bond donors (Lipinski definition) is 2. The Morgan fingerprint density at radius 2 is 1.80 bits per heavy atom. The van der Waals surface area contributed by atoms with Crippen molar-refractivity contribution in [1.29, 1.82) is 0 Å². The maximum Gasteiger partial charge on any atom is 0.435 e. The van der Waals surface area contributed by atoms with Crippen LogP contribution in [0.15, 0.2) is 24.4 Å². The lowest BCUT2D eigenvalue weighted by Gasteiger charge is -2.13. The molecule has 1 aliphatic rings. The number of nitrogens with one attached hydrogen (secondary N) is 1. The third kappa shape index (κ3) is 5.52. The number of hydrogen-bond acceptors (Lipinski definition) is 4. The lowest BCUT2D eigenvalue weighted by molar-refractivity contribution is -0.142. The number of sulfonamides is 1. The highest BCUT2D eigenvalue weighted by Gasteiger charge is 2.38. The number of benzene rings is 1. The molecule has 13 heteroatoms. The number of aromatic nitrogens is 2. The van der Waals surface area contributed by atoms with Crippen molar-refractivity contribution < 1.29 is 39.9 Å². The molecule has 6 nitrogen and oxygen atoms in total. The van der Waals surface area contributed by atoms with E-state index in [0.717, 1.165) is 16.4 Å². The number of rotatable bonds is 6. The fourth-order valence-electron chi connectivity index (χ4n) is 3.45. The Bertz CT molecular complexity index is 1030. The molecule has 0 fully saturated rings. The second-order valence-corrected chi connectivity index (χ2v) is 8.81. The van der Waals surface area contributed by atoms with Crippen LogP contribution in [-0.2, 0) is 42.2 Å². The van der Waals surface area contributed by atoms with Crippen molar-refractivity contribution in [3.63, 3.8) is 0 Å². The average molecular weight is 457 g/mol. The van der Waals surface area contributed by atoms with Crippen LogP contribution in [0.2, 0.25) is 0 Å². The van der Waals surface area contributed by atoms with Crippen molar-refractivity contribution in [3.05, 3.63) is 52.3 Å². The van der Waals surface area contributed by atoms with E-state index in [1.165, 1.54) is 0 Å². The minimum absolute atomic E-state index is 0.0270. The maximum absolute atomic E-state index is 12.9. The summed E-state index contributed by atoms with van der Waals surface area (Å²) in [5.74, 6) is -1.97. The first kappa shape index (κ1) is 22.6. The van der Waals surface area contributed by atoms with Gasteiger partial charge >= 0.3 is 12.4 Å². The summed E-state index contributed by atoms with van der Waals surface area (Å²) in [5, 5.41) is 12.6. The molecule has 2 aromatic rings. The molecule has 0 radical (unpaired) electrons. The van der Waals surface area contributed by atoms with Crippen LogP contribution in [0.3, 0.4) is 0 Å². The van der Waals surface area contributed by atoms with Crippen molar-refractivity contribution in [1.82, 2.24) is 14.5 Å². The molecule has 2 N–H and O–H groups in total. The van der Waals surface area contributed by atoms with Crippen LogP contribution < -0.4 is 4.72 Å². The van der Waals surface area contributed by atoms with Gasteiger partial charge in [-0.05, 0) is 29.5 Å². The summed E-state index contributed by atoms with van der Waals surface area (Å²) >= 11 is 0. The van der Waals surface area contributed by atoms with Gasteiger partial charge in [-0.15, -0.1) is 0 Å². The number of nitrogens with zero attached hydrogens (tertiary/aromatic N) is 2. The molecule has 1 atom stereocenters. The van der Waals surface area contributed by atoms with Crippen LogP contribution in [0.1, 0.15) is 27.9 Å². The Morgan fingerprint density at radius 3 is 2.37 bits per heavy atom. The van der Waals surface area contributed by atoms with Gasteiger partial charge in [0.1, 0.15) is 0 Å². The number of fused-ring (bicyclic) bond motifs is 1. The van der Waals surface area contributed by atoms with Crippen LogP contribution in [-0.4, -0.2) is 41.3 Å². The average Bonchev–Trinajstić information content (AvgIpc) is 3.14. The van der Waals surface area contributed by atoms with Gasteiger partial charge in [-0.2, -0.15) is 31.4 Å². The first-order chi connectivity index (χ1) is 13.8. The van der Waals surface area contributed by atoms with Crippen LogP contribution >= 0.6 is 0 Å². The standard InChI is InChI=1S/C17H17F6N3O3S/c18-16(19,20)9-30(28,29)25-14-4-11-2-1-10(3-12(11)5-14)6-26-7-13(8-27)15(24-26)17(21,22)23/h1-3,7,14,25,27H,4-6,8-9H2. The Morgan fingerprint density at radius 1 is 1.13 bits per heavy atom. The lowest BCUT2D eigenvalue weighted by Crippen LogP contribution is -2.40. The molecule has 30 heavy (non-hydrogen) atoms. The molecule has 1 heterocycles. The third-order valence-corrected chi connectivity index (χ3v) is 5.92. The summed E-state index contributed by atoms with van der Waals surface area (Å²) in [4.78, 5) is 0. The first-order valence-corrected chi connectivity index (χ1v) is 10.3. The largest absolute Gasteiger partial charge is 0.435 e. The van der Waals surface area contributed by atoms with Gasteiger partial charge in [0.25, 0.3) is 0 Å². The molecule has 0 saturated carbocycles. The van der Waals surface area contributed by atoms with E-state index >= 15 is 0 Å². The van der Waals surface area contributed by atoms with E-state index in [-0.39, 0.29) is 24.9 Å². The minimum Gasteiger partial charge on any atom is -0.392 e. The topological polar surface area (TPSA) is 84.2 Å². The Balaban J connectivity index is 1.71. The summed E-state index contributed by atoms with van der Waals surface area (Å²) in [7, 11) is -4.54. The quantitative estimate of drug-likeness (QED) is 0.653. The molecule has 0 saturated heterocycles. The van der Waals surface area contributed by atoms with Crippen molar-refractivity contribution in [2.75, 3.05) is 5.75 Å². The Hall–Kier alpha value is -2.12. The smallest absolute Gasteiger partial charge is 0.392 e. The van der Waals surface area contributed by atoms with Gasteiger partial charge in [0, 0.05) is 17.8 Å². The third-order valence-electron chi connectivity index (χ3n) is 4.52. The van der Waals surface area contributed by atoms with Gasteiger partial charge in [0.2, 0.25) is 10.0 Å². The molecular formula is C17H17F6N3O3S. The van der Waals surface area contributed by atoms with Gasteiger partial charge in [-0.1, -0.05) is 18.2 Å². The summed E-state index contributed by atoms with van der Waals surface area (Å²) in [6.07, 6.45) is -8.10. The predicted molar refractivity (Wildman–Crippen MR) is 92.9 cm³/mol. The van der Waals surface area contributed by atoms with Gasteiger partial charge in [-0.3, -0.25) is 4.68 Å². The second kappa shape index (κ2) is 7.85. The molecule has 1 aliphatic carbocycles. The summed E-state index contributed by atoms with van der Waals surface area (Å²) in [5.41, 5.74) is 0.477. The van der Waals surface area contributed by atoms with Crippen LogP contribution in [0.5, 0.6) is 0 Å². The molecular weight excluding hydrogens is 440 g/mol. The Kier molecular flexibility index (Phi) is 5.91. The van der Waals surface area contributed by atoms with E-state index in [4.69, 9.17) is 5.11 Å². The highest BCUT2D eigenvalue weighted by atomic mass is 32.2. The molecule has 0 amide bonds. The monoisotopic (exact) mass is 457 g/mol. The van der Waals surface area contributed by atoms with E-state index in [1.807, 2.05) is 4.72 Å². The zero-order chi connectivity index (χ0) is 22.3. The zero-order valence-electron chi connectivity index (χ0n) is 15.3. The fraction of sp³-hybridized carbons (Fsp3) is 0.471. The number of aliphatic hydroxyl groups is 1. The predicted octanol–water partition coefficient (Wildman–Crippen LogP) is 2.39. The van der Waals surface area contributed by atoms with Crippen LogP contribution in [0.25, 0.3) is 0 Å². The van der Waals surface area contributed by atoms with Gasteiger partial charge < -0.3 is 5.11 Å². The van der Waals surface area contributed by atoms with Crippen LogP contribution in [0, 0.1) is 0 Å². The first-order valence-electron chi connectivity index (χ1n) is 8.67. The summed E-state index contributed by atoms with van der Waals surface area (Å²) < 4.78 is 102. The van der Waals surface area contributed by atoms with Crippen LogP contribution in [0.4, 0.5) is 26.3 Å². The van der Waals surface area contributed by atoms with E-state index in [0.29, 0.717) is 11.1 Å². The van der Waals surface area contributed by atoms with E-state index in [1.54, 1.807) is 18.2 Å². The van der Waals surface area contributed by atoms with Crippen molar-refractivity contribution >= 4 is 10.0 Å². The molecule has 0 bridgehead atoms. The molecule has 3 rings (SSSR count). The maximum atomic E-state index is 12.9. The van der Waals surface area contributed by atoms with Crippen molar-refractivity contribution in [3.8, 4) is 0 Å². The molecule has 0 aliphatic heterocycles. The normalized spacial score (nSPS) is 17.4. The summed E-state index contributed by atoms with van der Waals surface area (Å²) in [6.45, 7) is -0.848. The molecule has 1 aromatic heterocycles. The highest BCUT2D eigenvalue weighted by molar-refractivity contribution is 7.89. The second-order valence-electron chi connectivity index (χ2n) is 7.06. The molecule has 1 aromatic carbocycles. The van der Waals surface area contributed by atoms with E-state index in [2.05, 4.69) is 5.10 Å². The molecule has 1 unspecified atom stereocenters. The SMILES string of the molecule is O=S(=O)(CC(F)(F)F)NC1Cc2ccc(Cn3cc(CO)c(C(F)(F)F)n3)cc2C1. The number of halogens is 6. The minimum atomic E-state index is -4.85. The van der Waals surface area contributed by atoms with E-state index < -0.39 is 46.5 Å². The molecule has 0 spiro atoms. The zero-order valence-corrected chi connectivity index (χ0v) is 16.1. The fourth-order valence-corrected chi connectivity index (χ4v) is 4.64. The van der Waals surface area contributed by atoms with E-state index in [9.17, 15) is 34.8 Å². The molecule has 166 valence electrons. The summed E-state index contributed by atoms with van der Waals surface area (Å²) in [6, 6.07) is 4.20. The highest BCUT2D eigenvalue weighted by Crippen LogP contribution is 2.31. The van der Waals surface area contributed by atoms with Crippen molar-refractivity contribution in [2.45, 2.75) is 44.4 Å². The van der Waals surface area contributed by atoms with Gasteiger partial charge in [0.15, 0.2) is 11.4 Å². The van der Waals surface area contributed by atoms with Crippen molar-refractivity contribution in [2.24, 2.45) is 0 Å². The Labute approximate surface area is 167 Å². The van der Waals surface area contributed by atoms with Gasteiger partial charge in [-0.25, -0.2) is 13.1 Å². The van der Waals surface area contributed by atoms with Gasteiger partial charge in [0.05, 0.1) is 13.2 Å². The lowest BCUT2D eigenvalue weighted by atomic mass is 10.1.